The molecule has 0 saturated heterocycles. The van der Waals surface area contributed by atoms with Crippen molar-refractivity contribution >= 4 is 21.7 Å². The van der Waals surface area contributed by atoms with Crippen LogP contribution in [0.2, 0.25) is 0 Å². The Bertz CT molecular complexity index is 674. The molecule has 0 aromatic heterocycles. The minimum absolute atomic E-state index is 0.0466. The zero-order valence-electron chi connectivity index (χ0n) is 11.0. The number of carboxylic acid groups (broad SMARTS) is 1. The van der Waals surface area contributed by atoms with Crippen LogP contribution in [0.5, 0.6) is 0 Å². The SMILES string of the molecule is Cc1c(F)cc(S(=O)(=O)NCCCC(=O)O)cc1[N+](=O)[O-]. The van der Waals surface area contributed by atoms with E-state index in [-0.39, 0.29) is 24.9 Å². The van der Waals surface area contributed by atoms with Gasteiger partial charge in [0, 0.05) is 19.0 Å². The van der Waals surface area contributed by atoms with Gasteiger partial charge in [-0.05, 0) is 19.4 Å². The van der Waals surface area contributed by atoms with Crippen LogP contribution in [0.4, 0.5) is 10.1 Å². The zero-order chi connectivity index (χ0) is 16.2. The Morgan fingerprint density at radius 2 is 2.10 bits per heavy atom. The molecule has 2 N–H and O–H groups in total. The summed E-state index contributed by atoms with van der Waals surface area (Å²) in [6.45, 7) is 1.00. The number of halogens is 1. The van der Waals surface area contributed by atoms with Crippen molar-refractivity contribution in [2.45, 2.75) is 24.7 Å². The Balaban J connectivity index is 2.98. The number of rotatable bonds is 7. The molecule has 0 fully saturated rings. The third kappa shape index (κ3) is 4.46. The lowest BCUT2D eigenvalue weighted by molar-refractivity contribution is -0.385. The van der Waals surface area contributed by atoms with E-state index < -0.39 is 37.3 Å². The first-order chi connectivity index (χ1) is 9.65. The molecule has 10 heteroatoms. The van der Waals surface area contributed by atoms with Crippen LogP contribution in [0.15, 0.2) is 17.0 Å². The van der Waals surface area contributed by atoms with Gasteiger partial charge in [-0.25, -0.2) is 17.5 Å². The van der Waals surface area contributed by atoms with Crippen LogP contribution < -0.4 is 4.72 Å². The average Bonchev–Trinajstić information content (AvgIpc) is 2.37. The predicted molar refractivity (Wildman–Crippen MR) is 69.8 cm³/mol. The van der Waals surface area contributed by atoms with Gasteiger partial charge in [-0.15, -0.1) is 0 Å². The molecule has 1 rings (SSSR count). The van der Waals surface area contributed by atoms with Crippen molar-refractivity contribution in [1.82, 2.24) is 4.72 Å². The Hall–Kier alpha value is -2.07. The minimum Gasteiger partial charge on any atom is -0.481 e. The van der Waals surface area contributed by atoms with E-state index >= 15 is 0 Å². The standard InChI is InChI=1S/C11H13FN2O6S/c1-7-9(12)5-8(6-10(7)14(17)18)21(19,20)13-4-2-3-11(15)16/h5-6,13H,2-4H2,1H3,(H,15,16). The number of carbonyl (C=O) groups is 1. The van der Waals surface area contributed by atoms with Gasteiger partial charge in [0.05, 0.1) is 15.4 Å². The largest absolute Gasteiger partial charge is 0.481 e. The first-order valence-electron chi connectivity index (χ1n) is 5.81. The van der Waals surface area contributed by atoms with E-state index in [1.807, 2.05) is 0 Å². The summed E-state index contributed by atoms with van der Waals surface area (Å²) in [7, 11) is -4.14. The van der Waals surface area contributed by atoms with Crippen molar-refractivity contribution in [3.05, 3.63) is 33.6 Å². The number of aliphatic carboxylic acids is 1. The fourth-order valence-electron chi connectivity index (χ4n) is 1.51. The lowest BCUT2D eigenvalue weighted by Gasteiger charge is -2.07. The molecule has 0 atom stereocenters. The Labute approximate surface area is 119 Å². The molecular weight excluding hydrogens is 307 g/mol. The summed E-state index contributed by atoms with van der Waals surface area (Å²) in [4.78, 5) is 19.6. The molecule has 0 aliphatic rings. The molecule has 1 aromatic carbocycles. The zero-order valence-corrected chi connectivity index (χ0v) is 11.8. The maximum Gasteiger partial charge on any atom is 0.303 e. The predicted octanol–water partition coefficient (Wildman–Crippen LogP) is 1.19. The van der Waals surface area contributed by atoms with Crippen LogP contribution in [0.3, 0.4) is 0 Å². The monoisotopic (exact) mass is 320 g/mol. The van der Waals surface area contributed by atoms with Gasteiger partial charge in [0.25, 0.3) is 5.69 Å². The van der Waals surface area contributed by atoms with Gasteiger partial charge in [-0.3, -0.25) is 14.9 Å². The number of hydrogen-bond acceptors (Lipinski definition) is 5. The van der Waals surface area contributed by atoms with E-state index in [0.717, 1.165) is 6.07 Å². The van der Waals surface area contributed by atoms with E-state index in [2.05, 4.69) is 4.72 Å². The van der Waals surface area contributed by atoms with Gasteiger partial charge in [0.15, 0.2) is 0 Å². The number of benzene rings is 1. The molecule has 0 spiro atoms. The van der Waals surface area contributed by atoms with E-state index in [1.165, 1.54) is 6.92 Å². The van der Waals surface area contributed by atoms with Gasteiger partial charge in [-0.2, -0.15) is 0 Å². The summed E-state index contributed by atoms with van der Waals surface area (Å²) in [6.07, 6.45) is -0.185. The number of sulfonamides is 1. The topological polar surface area (TPSA) is 127 Å². The number of hydrogen-bond donors (Lipinski definition) is 2. The Morgan fingerprint density at radius 1 is 1.48 bits per heavy atom. The van der Waals surface area contributed by atoms with Gasteiger partial charge >= 0.3 is 5.97 Å². The lowest BCUT2D eigenvalue weighted by atomic mass is 10.2. The maximum absolute atomic E-state index is 13.6. The molecule has 8 nitrogen and oxygen atoms in total. The summed E-state index contributed by atoms with van der Waals surface area (Å²) in [5.41, 5.74) is -0.897. The lowest BCUT2D eigenvalue weighted by Crippen LogP contribution is -2.25. The second kappa shape index (κ2) is 6.59. The maximum atomic E-state index is 13.6. The van der Waals surface area contributed by atoms with Gasteiger partial charge < -0.3 is 5.11 Å². The highest BCUT2D eigenvalue weighted by Gasteiger charge is 2.22. The molecule has 0 saturated carbocycles. The molecule has 116 valence electrons. The first-order valence-corrected chi connectivity index (χ1v) is 7.29. The number of carboxylic acids is 1. The van der Waals surface area contributed by atoms with Gasteiger partial charge in [-0.1, -0.05) is 0 Å². The van der Waals surface area contributed by atoms with Crippen molar-refractivity contribution in [1.29, 1.82) is 0 Å². The number of nitrogens with zero attached hydrogens (tertiary/aromatic N) is 1. The third-order valence-corrected chi connectivity index (χ3v) is 4.10. The molecule has 0 radical (unpaired) electrons. The van der Waals surface area contributed by atoms with Crippen molar-refractivity contribution in [2.75, 3.05) is 6.54 Å². The molecule has 0 unspecified atom stereocenters. The van der Waals surface area contributed by atoms with Gasteiger partial charge in [0.1, 0.15) is 5.82 Å². The van der Waals surface area contributed by atoms with Crippen LogP contribution in [-0.2, 0) is 14.8 Å². The van der Waals surface area contributed by atoms with Crippen molar-refractivity contribution in [3.63, 3.8) is 0 Å². The van der Waals surface area contributed by atoms with E-state index in [1.54, 1.807) is 0 Å². The van der Waals surface area contributed by atoms with Crippen molar-refractivity contribution in [2.24, 2.45) is 0 Å². The van der Waals surface area contributed by atoms with Crippen LogP contribution in [-0.4, -0.2) is 31.0 Å². The second-order valence-corrected chi connectivity index (χ2v) is 5.97. The molecule has 1 aromatic rings. The fourth-order valence-corrected chi connectivity index (χ4v) is 2.62. The highest BCUT2D eigenvalue weighted by molar-refractivity contribution is 7.89. The van der Waals surface area contributed by atoms with Crippen molar-refractivity contribution in [3.8, 4) is 0 Å². The van der Waals surface area contributed by atoms with Crippen LogP contribution in [0.1, 0.15) is 18.4 Å². The molecule has 0 aliphatic carbocycles. The Morgan fingerprint density at radius 3 is 2.62 bits per heavy atom. The van der Waals surface area contributed by atoms with Crippen LogP contribution in [0.25, 0.3) is 0 Å². The van der Waals surface area contributed by atoms with Crippen molar-refractivity contribution < 1.29 is 27.6 Å². The number of nitro groups is 1. The molecule has 0 heterocycles. The molecule has 0 bridgehead atoms. The molecular formula is C11H13FN2O6S. The van der Waals surface area contributed by atoms with E-state index in [4.69, 9.17) is 5.11 Å². The normalized spacial score (nSPS) is 11.3. The summed E-state index contributed by atoms with van der Waals surface area (Å²) >= 11 is 0. The van der Waals surface area contributed by atoms with Crippen LogP contribution >= 0.6 is 0 Å². The van der Waals surface area contributed by atoms with Crippen LogP contribution in [0, 0.1) is 22.9 Å². The van der Waals surface area contributed by atoms with E-state index in [9.17, 15) is 27.7 Å². The summed E-state index contributed by atoms with van der Waals surface area (Å²) in [6, 6.07) is 1.44. The number of nitrogens with one attached hydrogen (secondary N) is 1. The molecule has 0 amide bonds. The molecule has 21 heavy (non-hydrogen) atoms. The van der Waals surface area contributed by atoms with Gasteiger partial charge in [0.2, 0.25) is 10.0 Å². The highest BCUT2D eigenvalue weighted by atomic mass is 32.2. The quantitative estimate of drug-likeness (QED) is 0.441. The fraction of sp³-hybridized carbons (Fsp3) is 0.364. The first kappa shape index (κ1) is 17.0. The smallest absolute Gasteiger partial charge is 0.303 e. The summed E-state index contributed by atoms with van der Waals surface area (Å²) in [5, 5.41) is 19.2. The summed E-state index contributed by atoms with van der Waals surface area (Å²) in [5.74, 6) is -2.08. The average molecular weight is 320 g/mol. The number of nitro benzene ring substituents is 1. The van der Waals surface area contributed by atoms with E-state index in [0.29, 0.717) is 6.07 Å². The second-order valence-electron chi connectivity index (χ2n) is 4.20. The summed E-state index contributed by atoms with van der Waals surface area (Å²) < 4.78 is 39.3. The molecule has 0 aliphatic heterocycles. The third-order valence-electron chi connectivity index (χ3n) is 2.66. The highest BCUT2D eigenvalue weighted by Crippen LogP contribution is 2.25. The Kier molecular flexibility index (Phi) is 5.33. The minimum atomic E-state index is -4.14.